The standard InChI is InChI=1S/C13H15N3O2/c1-9-5-6-12(18-9)8-15-13(17)16-11-4-2-3-10(14)7-11/h2-7H,8,14H2,1H3,(H2,15,16,17). The van der Waals surface area contributed by atoms with Crippen molar-refractivity contribution in [2.75, 3.05) is 11.1 Å². The van der Waals surface area contributed by atoms with Crippen LogP contribution in [-0.4, -0.2) is 6.03 Å². The van der Waals surface area contributed by atoms with Gasteiger partial charge in [0.25, 0.3) is 0 Å². The number of nitrogens with one attached hydrogen (secondary N) is 2. The van der Waals surface area contributed by atoms with E-state index in [1.165, 1.54) is 0 Å². The summed E-state index contributed by atoms with van der Waals surface area (Å²) in [5.41, 5.74) is 6.88. The summed E-state index contributed by atoms with van der Waals surface area (Å²) in [6, 6.07) is 10.4. The predicted molar refractivity (Wildman–Crippen MR) is 70.2 cm³/mol. The quantitative estimate of drug-likeness (QED) is 0.727. The topological polar surface area (TPSA) is 80.3 Å². The molecule has 2 amide bonds. The SMILES string of the molecule is Cc1ccc(CNC(=O)Nc2cccc(N)c2)o1. The molecule has 0 saturated carbocycles. The van der Waals surface area contributed by atoms with Crippen LogP contribution in [0.2, 0.25) is 0 Å². The average molecular weight is 245 g/mol. The third-order valence-electron chi connectivity index (χ3n) is 2.36. The molecule has 1 heterocycles. The summed E-state index contributed by atoms with van der Waals surface area (Å²) < 4.78 is 5.34. The van der Waals surface area contributed by atoms with Crippen LogP contribution in [-0.2, 0) is 6.54 Å². The molecule has 0 spiro atoms. The molecular formula is C13H15N3O2. The molecule has 0 aliphatic carbocycles. The number of nitrogens with two attached hydrogens (primary N) is 1. The van der Waals surface area contributed by atoms with Crippen molar-refractivity contribution in [3.63, 3.8) is 0 Å². The maximum Gasteiger partial charge on any atom is 0.319 e. The van der Waals surface area contributed by atoms with E-state index in [1.807, 2.05) is 19.1 Å². The number of nitrogen functional groups attached to an aromatic ring is 1. The molecule has 0 atom stereocenters. The summed E-state index contributed by atoms with van der Waals surface area (Å²) in [5.74, 6) is 1.54. The number of benzene rings is 1. The summed E-state index contributed by atoms with van der Waals surface area (Å²) in [6.45, 7) is 2.21. The van der Waals surface area contributed by atoms with Gasteiger partial charge in [0.2, 0.25) is 0 Å². The van der Waals surface area contributed by atoms with Crippen molar-refractivity contribution in [3.05, 3.63) is 47.9 Å². The van der Waals surface area contributed by atoms with Crippen molar-refractivity contribution in [1.29, 1.82) is 0 Å². The Morgan fingerprint density at radius 2 is 2.17 bits per heavy atom. The zero-order valence-electron chi connectivity index (χ0n) is 10.1. The lowest BCUT2D eigenvalue weighted by Crippen LogP contribution is -2.28. The number of urea groups is 1. The number of hydrogen-bond donors (Lipinski definition) is 3. The third kappa shape index (κ3) is 3.28. The molecule has 2 rings (SSSR count). The Labute approximate surface area is 105 Å². The molecule has 0 aliphatic rings. The highest BCUT2D eigenvalue weighted by Crippen LogP contribution is 2.11. The highest BCUT2D eigenvalue weighted by Gasteiger charge is 2.03. The van der Waals surface area contributed by atoms with Gasteiger partial charge in [0.1, 0.15) is 11.5 Å². The number of carbonyl (C=O) groups is 1. The lowest BCUT2D eigenvalue weighted by atomic mass is 10.3. The molecular weight excluding hydrogens is 230 g/mol. The molecule has 18 heavy (non-hydrogen) atoms. The zero-order chi connectivity index (χ0) is 13.0. The van der Waals surface area contributed by atoms with Crippen LogP contribution in [0.15, 0.2) is 40.8 Å². The van der Waals surface area contributed by atoms with Crippen LogP contribution in [0.4, 0.5) is 16.2 Å². The Hall–Kier alpha value is -2.43. The second kappa shape index (κ2) is 5.27. The van der Waals surface area contributed by atoms with E-state index in [2.05, 4.69) is 10.6 Å². The number of hydrogen-bond acceptors (Lipinski definition) is 3. The fourth-order valence-corrected chi connectivity index (χ4v) is 1.54. The van der Waals surface area contributed by atoms with Gasteiger partial charge in [-0.15, -0.1) is 0 Å². The second-order valence-corrected chi connectivity index (χ2v) is 3.95. The molecule has 0 bridgehead atoms. The van der Waals surface area contributed by atoms with E-state index in [4.69, 9.17) is 10.2 Å². The highest BCUT2D eigenvalue weighted by molar-refractivity contribution is 5.89. The number of anilines is 2. The van der Waals surface area contributed by atoms with Crippen LogP contribution < -0.4 is 16.4 Å². The van der Waals surface area contributed by atoms with E-state index < -0.39 is 0 Å². The molecule has 94 valence electrons. The van der Waals surface area contributed by atoms with Crippen molar-refractivity contribution in [3.8, 4) is 0 Å². The third-order valence-corrected chi connectivity index (χ3v) is 2.36. The van der Waals surface area contributed by atoms with Crippen LogP contribution in [0.3, 0.4) is 0 Å². The minimum absolute atomic E-state index is 0.297. The first-order valence-corrected chi connectivity index (χ1v) is 5.59. The molecule has 1 aromatic carbocycles. The fraction of sp³-hybridized carbons (Fsp3) is 0.154. The number of aryl methyl sites for hydroxylation is 1. The molecule has 4 N–H and O–H groups in total. The Morgan fingerprint density at radius 3 is 2.83 bits per heavy atom. The minimum Gasteiger partial charge on any atom is -0.465 e. The van der Waals surface area contributed by atoms with Crippen molar-refractivity contribution in [1.82, 2.24) is 5.32 Å². The predicted octanol–water partition coefficient (Wildman–Crippen LogP) is 2.49. The molecule has 5 heteroatoms. The van der Waals surface area contributed by atoms with Gasteiger partial charge in [-0.05, 0) is 37.3 Å². The molecule has 0 radical (unpaired) electrons. The number of furan rings is 1. The number of rotatable bonds is 3. The first kappa shape index (κ1) is 12.0. The van der Waals surface area contributed by atoms with Gasteiger partial charge < -0.3 is 20.8 Å². The summed E-state index contributed by atoms with van der Waals surface area (Å²) in [4.78, 5) is 11.6. The molecule has 0 fully saturated rings. The number of amides is 2. The lowest BCUT2D eigenvalue weighted by molar-refractivity contribution is 0.250. The van der Waals surface area contributed by atoms with Crippen LogP contribution in [0.1, 0.15) is 11.5 Å². The smallest absolute Gasteiger partial charge is 0.319 e. The fourth-order valence-electron chi connectivity index (χ4n) is 1.54. The van der Waals surface area contributed by atoms with Gasteiger partial charge >= 0.3 is 6.03 Å². The lowest BCUT2D eigenvalue weighted by Gasteiger charge is -2.06. The van der Waals surface area contributed by atoms with Gasteiger partial charge in [0.15, 0.2) is 0 Å². The Kier molecular flexibility index (Phi) is 3.52. The van der Waals surface area contributed by atoms with Gasteiger partial charge in [0, 0.05) is 11.4 Å². The van der Waals surface area contributed by atoms with Crippen molar-refractivity contribution in [2.24, 2.45) is 0 Å². The minimum atomic E-state index is -0.297. The molecule has 1 aromatic heterocycles. The zero-order valence-corrected chi connectivity index (χ0v) is 10.1. The van der Waals surface area contributed by atoms with Gasteiger partial charge in [-0.2, -0.15) is 0 Å². The maximum atomic E-state index is 11.6. The van der Waals surface area contributed by atoms with E-state index in [1.54, 1.807) is 24.3 Å². The molecule has 0 aliphatic heterocycles. The summed E-state index contributed by atoms with van der Waals surface area (Å²) in [7, 11) is 0. The molecule has 0 unspecified atom stereocenters. The van der Waals surface area contributed by atoms with E-state index >= 15 is 0 Å². The van der Waals surface area contributed by atoms with Gasteiger partial charge in [0.05, 0.1) is 6.54 Å². The average Bonchev–Trinajstić information content (AvgIpc) is 2.73. The Bertz CT molecular complexity index is 549. The van der Waals surface area contributed by atoms with E-state index in [9.17, 15) is 4.79 Å². The van der Waals surface area contributed by atoms with Crippen molar-refractivity contribution in [2.45, 2.75) is 13.5 Å². The maximum absolute atomic E-state index is 11.6. The largest absolute Gasteiger partial charge is 0.465 e. The Balaban J connectivity index is 1.85. The van der Waals surface area contributed by atoms with Gasteiger partial charge in [-0.25, -0.2) is 4.79 Å². The Morgan fingerprint density at radius 1 is 1.33 bits per heavy atom. The van der Waals surface area contributed by atoms with Gasteiger partial charge in [-0.3, -0.25) is 0 Å². The first-order valence-electron chi connectivity index (χ1n) is 5.59. The second-order valence-electron chi connectivity index (χ2n) is 3.95. The van der Waals surface area contributed by atoms with Crippen LogP contribution in [0, 0.1) is 6.92 Å². The van der Waals surface area contributed by atoms with Crippen molar-refractivity contribution >= 4 is 17.4 Å². The molecule has 0 saturated heterocycles. The van der Waals surface area contributed by atoms with Crippen LogP contribution in [0.5, 0.6) is 0 Å². The number of carbonyl (C=O) groups excluding carboxylic acids is 1. The first-order chi connectivity index (χ1) is 8.63. The highest BCUT2D eigenvalue weighted by atomic mass is 16.3. The normalized spacial score (nSPS) is 10.1. The summed E-state index contributed by atoms with van der Waals surface area (Å²) in [6.07, 6.45) is 0. The summed E-state index contributed by atoms with van der Waals surface area (Å²) in [5, 5.41) is 5.38. The molecule has 2 aromatic rings. The van der Waals surface area contributed by atoms with Crippen LogP contribution in [0.25, 0.3) is 0 Å². The van der Waals surface area contributed by atoms with E-state index in [0.717, 1.165) is 11.5 Å². The van der Waals surface area contributed by atoms with E-state index in [0.29, 0.717) is 17.9 Å². The van der Waals surface area contributed by atoms with Crippen LogP contribution >= 0.6 is 0 Å². The van der Waals surface area contributed by atoms with E-state index in [-0.39, 0.29) is 6.03 Å². The monoisotopic (exact) mass is 245 g/mol. The van der Waals surface area contributed by atoms with Gasteiger partial charge in [-0.1, -0.05) is 6.07 Å². The summed E-state index contributed by atoms with van der Waals surface area (Å²) >= 11 is 0. The molecule has 5 nitrogen and oxygen atoms in total. The van der Waals surface area contributed by atoms with Crippen molar-refractivity contribution < 1.29 is 9.21 Å².